The standard InChI is InChI=1S/C18H17NO4/c1-4-23-18(20)14(11-19)8-13-9-15-12(10-17(13)22-3)6-5-7-16(15)21-2/h5-10H,4H2,1-3H3/b14-8+. The van der Waals surface area contributed by atoms with Gasteiger partial charge in [-0.05, 0) is 36.6 Å². The largest absolute Gasteiger partial charge is 0.496 e. The average molecular weight is 311 g/mol. The van der Waals surface area contributed by atoms with Crippen molar-refractivity contribution in [3.05, 3.63) is 41.5 Å². The summed E-state index contributed by atoms with van der Waals surface area (Å²) in [6, 6.07) is 11.2. The molecule has 0 bridgehead atoms. The molecule has 23 heavy (non-hydrogen) atoms. The smallest absolute Gasteiger partial charge is 0.348 e. The Morgan fingerprint density at radius 1 is 1.22 bits per heavy atom. The Balaban J connectivity index is 2.63. The topological polar surface area (TPSA) is 68.6 Å². The Hall–Kier alpha value is -3.00. The summed E-state index contributed by atoms with van der Waals surface area (Å²) in [5.74, 6) is 0.606. The molecule has 2 rings (SSSR count). The number of nitriles is 1. The third-order valence-corrected chi connectivity index (χ3v) is 3.33. The maximum absolute atomic E-state index is 11.8. The predicted molar refractivity (Wildman–Crippen MR) is 87.3 cm³/mol. The van der Waals surface area contributed by atoms with Crippen LogP contribution < -0.4 is 9.47 Å². The van der Waals surface area contributed by atoms with Crippen LogP contribution in [-0.4, -0.2) is 26.8 Å². The fourth-order valence-electron chi connectivity index (χ4n) is 2.26. The Morgan fingerprint density at radius 3 is 2.57 bits per heavy atom. The zero-order valence-corrected chi connectivity index (χ0v) is 13.3. The maximum Gasteiger partial charge on any atom is 0.348 e. The fourth-order valence-corrected chi connectivity index (χ4v) is 2.26. The molecule has 2 aromatic rings. The number of carbonyl (C=O) groups is 1. The summed E-state index contributed by atoms with van der Waals surface area (Å²) < 4.78 is 15.6. The molecule has 118 valence electrons. The van der Waals surface area contributed by atoms with Gasteiger partial charge >= 0.3 is 5.97 Å². The summed E-state index contributed by atoms with van der Waals surface area (Å²) in [6.45, 7) is 1.90. The van der Waals surface area contributed by atoms with E-state index in [4.69, 9.17) is 14.2 Å². The van der Waals surface area contributed by atoms with Gasteiger partial charge in [0.1, 0.15) is 23.1 Å². The summed E-state index contributed by atoms with van der Waals surface area (Å²) in [7, 11) is 3.13. The van der Waals surface area contributed by atoms with Crippen LogP contribution in [0.4, 0.5) is 0 Å². The third kappa shape index (κ3) is 3.43. The fraction of sp³-hybridized carbons (Fsp3) is 0.222. The van der Waals surface area contributed by atoms with Crippen molar-refractivity contribution < 1.29 is 19.0 Å². The van der Waals surface area contributed by atoms with E-state index in [0.717, 1.165) is 10.8 Å². The number of fused-ring (bicyclic) bond motifs is 1. The van der Waals surface area contributed by atoms with Crippen LogP contribution >= 0.6 is 0 Å². The van der Waals surface area contributed by atoms with Crippen molar-refractivity contribution in [1.29, 1.82) is 5.26 Å². The number of ether oxygens (including phenoxy) is 3. The van der Waals surface area contributed by atoms with E-state index in [-0.39, 0.29) is 12.2 Å². The molecule has 0 heterocycles. The number of carbonyl (C=O) groups excluding carboxylic acids is 1. The first-order valence-corrected chi connectivity index (χ1v) is 7.08. The van der Waals surface area contributed by atoms with Gasteiger partial charge in [-0.2, -0.15) is 5.26 Å². The normalized spacial score (nSPS) is 11.0. The molecule has 0 spiro atoms. The van der Waals surface area contributed by atoms with E-state index in [0.29, 0.717) is 17.1 Å². The van der Waals surface area contributed by atoms with Gasteiger partial charge in [-0.1, -0.05) is 12.1 Å². The molecule has 5 heteroatoms. The van der Waals surface area contributed by atoms with Crippen LogP contribution in [0.15, 0.2) is 35.9 Å². The first kappa shape index (κ1) is 16.4. The molecular formula is C18H17NO4. The second kappa shape index (κ2) is 7.32. The molecular weight excluding hydrogens is 294 g/mol. The Kier molecular flexibility index (Phi) is 5.21. The van der Waals surface area contributed by atoms with E-state index in [9.17, 15) is 10.1 Å². The summed E-state index contributed by atoms with van der Waals surface area (Å²) >= 11 is 0. The van der Waals surface area contributed by atoms with Crippen molar-refractivity contribution in [2.75, 3.05) is 20.8 Å². The van der Waals surface area contributed by atoms with Crippen molar-refractivity contribution in [2.45, 2.75) is 6.92 Å². The Labute approximate surface area is 134 Å². The van der Waals surface area contributed by atoms with Gasteiger partial charge in [0.25, 0.3) is 0 Å². The van der Waals surface area contributed by atoms with Crippen LogP contribution in [0.2, 0.25) is 0 Å². The number of rotatable bonds is 5. The number of methoxy groups -OCH3 is 2. The van der Waals surface area contributed by atoms with Crippen molar-refractivity contribution in [3.8, 4) is 17.6 Å². The lowest BCUT2D eigenvalue weighted by Gasteiger charge is -2.10. The highest BCUT2D eigenvalue weighted by Gasteiger charge is 2.13. The average Bonchev–Trinajstić information content (AvgIpc) is 2.58. The molecule has 0 amide bonds. The molecule has 2 aromatic carbocycles. The van der Waals surface area contributed by atoms with Crippen molar-refractivity contribution >= 4 is 22.8 Å². The summed E-state index contributed by atoms with van der Waals surface area (Å²) in [4.78, 5) is 11.8. The number of benzene rings is 2. The van der Waals surface area contributed by atoms with Gasteiger partial charge in [0, 0.05) is 10.9 Å². The van der Waals surface area contributed by atoms with Crippen LogP contribution in [-0.2, 0) is 9.53 Å². The van der Waals surface area contributed by atoms with Gasteiger partial charge in [-0.15, -0.1) is 0 Å². The van der Waals surface area contributed by atoms with E-state index < -0.39 is 5.97 Å². The molecule has 0 aliphatic carbocycles. The number of esters is 1. The lowest BCUT2D eigenvalue weighted by molar-refractivity contribution is -0.137. The SMILES string of the molecule is CCOC(=O)/C(C#N)=C/c1cc2c(OC)cccc2cc1OC. The van der Waals surface area contributed by atoms with Gasteiger partial charge in [0.15, 0.2) is 0 Å². The second-order valence-electron chi connectivity index (χ2n) is 4.67. The molecule has 0 saturated heterocycles. The molecule has 5 nitrogen and oxygen atoms in total. The van der Waals surface area contributed by atoms with Crippen LogP contribution in [0.3, 0.4) is 0 Å². The molecule has 0 aliphatic rings. The van der Waals surface area contributed by atoms with Crippen LogP contribution in [0.25, 0.3) is 16.8 Å². The monoisotopic (exact) mass is 311 g/mol. The van der Waals surface area contributed by atoms with Crippen molar-refractivity contribution in [1.82, 2.24) is 0 Å². The van der Waals surface area contributed by atoms with Crippen LogP contribution in [0, 0.1) is 11.3 Å². The van der Waals surface area contributed by atoms with E-state index in [2.05, 4.69) is 0 Å². The zero-order valence-electron chi connectivity index (χ0n) is 13.3. The minimum Gasteiger partial charge on any atom is -0.496 e. The summed E-state index contributed by atoms with van der Waals surface area (Å²) in [5.41, 5.74) is 0.522. The molecule has 0 N–H and O–H groups in total. The highest BCUT2D eigenvalue weighted by Crippen LogP contribution is 2.33. The highest BCUT2D eigenvalue weighted by atomic mass is 16.5. The molecule has 0 aromatic heterocycles. The van der Waals surface area contributed by atoms with Crippen molar-refractivity contribution in [3.63, 3.8) is 0 Å². The maximum atomic E-state index is 11.8. The molecule has 0 unspecified atom stereocenters. The van der Waals surface area contributed by atoms with Crippen molar-refractivity contribution in [2.24, 2.45) is 0 Å². The second-order valence-corrected chi connectivity index (χ2v) is 4.67. The Bertz CT molecular complexity index is 803. The van der Waals surface area contributed by atoms with Gasteiger partial charge in [0.05, 0.1) is 20.8 Å². The highest BCUT2D eigenvalue weighted by molar-refractivity contribution is 6.00. The number of hydrogen-bond donors (Lipinski definition) is 0. The zero-order chi connectivity index (χ0) is 16.8. The van der Waals surface area contributed by atoms with Gasteiger partial charge < -0.3 is 14.2 Å². The lowest BCUT2D eigenvalue weighted by atomic mass is 10.0. The van der Waals surface area contributed by atoms with E-state index >= 15 is 0 Å². The summed E-state index contributed by atoms with van der Waals surface area (Å²) in [5, 5.41) is 11.0. The number of nitrogens with zero attached hydrogens (tertiary/aromatic N) is 1. The molecule has 0 aliphatic heterocycles. The molecule has 0 saturated carbocycles. The van der Waals surface area contributed by atoms with E-state index in [1.807, 2.05) is 36.4 Å². The van der Waals surface area contributed by atoms with Gasteiger partial charge in [0.2, 0.25) is 0 Å². The minimum absolute atomic E-state index is 0.0839. The van der Waals surface area contributed by atoms with Crippen LogP contribution in [0.1, 0.15) is 12.5 Å². The molecule has 0 fully saturated rings. The summed E-state index contributed by atoms with van der Waals surface area (Å²) in [6.07, 6.45) is 1.46. The van der Waals surface area contributed by atoms with Crippen LogP contribution in [0.5, 0.6) is 11.5 Å². The first-order valence-electron chi connectivity index (χ1n) is 7.08. The van der Waals surface area contributed by atoms with Gasteiger partial charge in [-0.3, -0.25) is 0 Å². The Morgan fingerprint density at radius 2 is 1.96 bits per heavy atom. The lowest BCUT2D eigenvalue weighted by Crippen LogP contribution is -2.06. The van der Waals surface area contributed by atoms with E-state index in [1.165, 1.54) is 13.2 Å². The quantitative estimate of drug-likeness (QED) is 0.481. The molecule has 0 radical (unpaired) electrons. The number of hydrogen-bond acceptors (Lipinski definition) is 5. The minimum atomic E-state index is -0.655. The molecule has 0 atom stereocenters. The first-order chi connectivity index (χ1) is 11.1. The van der Waals surface area contributed by atoms with E-state index in [1.54, 1.807) is 14.0 Å². The van der Waals surface area contributed by atoms with Gasteiger partial charge in [-0.25, -0.2) is 4.79 Å². The third-order valence-electron chi connectivity index (χ3n) is 3.33. The predicted octanol–water partition coefficient (Wildman–Crippen LogP) is 3.33.